The summed E-state index contributed by atoms with van der Waals surface area (Å²) in [6.45, 7) is 7.40. The average Bonchev–Trinajstić information content (AvgIpc) is 3.06. The van der Waals surface area contributed by atoms with E-state index in [1.807, 2.05) is 23.9 Å². The van der Waals surface area contributed by atoms with Crippen LogP contribution in [-0.4, -0.2) is 74.0 Å². The van der Waals surface area contributed by atoms with E-state index in [2.05, 4.69) is 24.5 Å². The Balaban J connectivity index is 1.84. The minimum absolute atomic E-state index is 0.0228. The van der Waals surface area contributed by atoms with Gasteiger partial charge in [0.25, 0.3) is 0 Å². The summed E-state index contributed by atoms with van der Waals surface area (Å²) >= 11 is 0. The van der Waals surface area contributed by atoms with Crippen molar-refractivity contribution in [1.29, 1.82) is 0 Å². The van der Waals surface area contributed by atoms with Gasteiger partial charge < -0.3 is 15.5 Å². The number of carbonyl (C=O) groups excluding carboxylic acids is 2. The molecule has 6 heteroatoms. The van der Waals surface area contributed by atoms with Gasteiger partial charge in [-0.3, -0.25) is 14.5 Å². The fourth-order valence-corrected chi connectivity index (χ4v) is 4.00. The SMILES string of the molecule is CC(C)[C@@H](C(=O)N1CCCC(CNC(=O)C2CCCN2)C1)N(C)C. The van der Waals surface area contributed by atoms with Crippen LogP contribution < -0.4 is 10.6 Å². The summed E-state index contributed by atoms with van der Waals surface area (Å²) in [6, 6.07) is -0.0913. The first-order valence-electron chi connectivity index (χ1n) is 9.36. The van der Waals surface area contributed by atoms with Crippen molar-refractivity contribution in [1.82, 2.24) is 20.4 Å². The zero-order chi connectivity index (χ0) is 17.7. The van der Waals surface area contributed by atoms with E-state index < -0.39 is 0 Å². The molecule has 0 aromatic rings. The molecule has 2 N–H and O–H groups in total. The molecule has 2 saturated heterocycles. The van der Waals surface area contributed by atoms with Gasteiger partial charge in [-0.25, -0.2) is 0 Å². The fourth-order valence-electron chi connectivity index (χ4n) is 4.00. The van der Waals surface area contributed by atoms with Crippen LogP contribution in [0.5, 0.6) is 0 Å². The molecular formula is C18H34N4O2. The van der Waals surface area contributed by atoms with Crippen molar-refractivity contribution in [3.05, 3.63) is 0 Å². The van der Waals surface area contributed by atoms with Gasteiger partial charge in [0.15, 0.2) is 0 Å². The molecule has 2 heterocycles. The predicted octanol–water partition coefficient (Wildman–Crippen LogP) is 0.679. The smallest absolute Gasteiger partial charge is 0.240 e. The molecule has 0 aliphatic carbocycles. The molecule has 0 aromatic carbocycles. The minimum Gasteiger partial charge on any atom is -0.354 e. The molecule has 2 fully saturated rings. The standard InChI is InChI=1S/C18H34N4O2/c1-13(2)16(21(3)4)18(24)22-10-6-7-14(12-22)11-20-17(23)15-8-5-9-19-15/h13-16,19H,5-12H2,1-4H3,(H,20,23)/t14?,15?,16-/m0/s1. The Morgan fingerprint density at radius 2 is 2.00 bits per heavy atom. The van der Waals surface area contributed by atoms with Crippen LogP contribution in [0.4, 0.5) is 0 Å². The van der Waals surface area contributed by atoms with Gasteiger partial charge in [0, 0.05) is 19.6 Å². The average molecular weight is 338 g/mol. The first-order chi connectivity index (χ1) is 11.4. The Labute approximate surface area is 146 Å². The van der Waals surface area contributed by atoms with Crippen molar-refractivity contribution in [3.63, 3.8) is 0 Å². The van der Waals surface area contributed by atoms with Gasteiger partial charge in [0.05, 0.1) is 12.1 Å². The van der Waals surface area contributed by atoms with E-state index in [4.69, 9.17) is 0 Å². The molecular weight excluding hydrogens is 304 g/mol. The van der Waals surface area contributed by atoms with Gasteiger partial charge in [-0.1, -0.05) is 13.8 Å². The van der Waals surface area contributed by atoms with E-state index in [0.717, 1.165) is 45.3 Å². The molecule has 0 spiro atoms. The quantitative estimate of drug-likeness (QED) is 0.747. The maximum atomic E-state index is 12.9. The molecule has 6 nitrogen and oxygen atoms in total. The summed E-state index contributed by atoms with van der Waals surface area (Å²) in [6.07, 6.45) is 4.10. The highest BCUT2D eigenvalue weighted by molar-refractivity contribution is 5.82. The number of hydrogen-bond acceptors (Lipinski definition) is 4. The highest BCUT2D eigenvalue weighted by Gasteiger charge is 2.32. The van der Waals surface area contributed by atoms with Crippen LogP contribution in [-0.2, 0) is 9.59 Å². The highest BCUT2D eigenvalue weighted by atomic mass is 16.2. The topological polar surface area (TPSA) is 64.7 Å². The summed E-state index contributed by atoms with van der Waals surface area (Å²) in [5.41, 5.74) is 0. The normalized spacial score (nSPS) is 26.0. The number of rotatable bonds is 6. The first kappa shape index (κ1) is 19.2. The van der Waals surface area contributed by atoms with E-state index in [-0.39, 0.29) is 23.9 Å². The Morgan fingerprint density at radius 3 is 2.58 bits per heavy atom. The van der Waals surface area contributed by atoms with Crippen molar-refractivity contribution in [3.8, 4) is 0 Å². The second kappa shape index (κ2) is 8.81. The molecule has 0 bridgehead atoms. The number of piperidine rings is 1. The van der Waals surface area contributed by atoms with Crippen LogP contribution in [0.15, 0.2) is 0 Å². The number of nitrogens with one attached hydrogen (secondary N) is 2. The lowest BCUT2D eigenvalue weighted by Crippen LogP contribution is -2.53. The Hall–Kier alpha value is -1.14. The van der Waals surface area contributed by atoms with Crippen LogP contribution in [0, 0.1) is 11.8 Å². The van der Waals surface area contributed by atoms with Gasteiger partial charge in [0.2, 0.25) is 11.8 Å². The summed E-state index contributed by atoms with van der Waals surface area (Å²) in [5.74, 6) is 0.997. The maximum Gasteiger partial charge on any atom is 0.240 e. The number of amides is 2. The van der Waals surface area contributed by atoms with Gasteiger partial charge in [0.1, 0.15) is 0 Å². The van der Waals surface area contributed by atoms with Crippen LogP contribution in [0.3, 0.4) is 0 Å². The van der Waals surface area contributed by atoms with Crippen molar-refractivity contribution in [2.24, 2.45) is 11.8 Å². The van der Waals surface area contributed by atoms with Crippen molar-refractivity contribution in [2.75, 3.05) is 40.3 Å². The number of hydrogen-bond donors (Lipinski definition) is 2. The number of likely N-dealkylation sites (tertiary alicyclic amines) is 1. The van der Waals surface area contributed by atoms with Gasteiger partial charge in [-0.05, 0) is 58.2 Å². The molecule has 2 aliphatic rings. The van der Waals surface area contributed by atoms with Crippen molar-refractivity contribution in [2.45, 2.75) is 51.6 Å². The lowest BCUT2D eigenvalue weighted by atomic mass is 9.95. The fraction of sp³-hybridized carbons (Fsp3) is 0.889. The monoisotopic (exact) mass is 338 g/mol. The van der Waals surface area contributed by atoms with Gasteiger partial charge >= 0.3 is 0 Å². The third-order valence-electron chi connectivity index (χ3n) is 5.21. The second-order valence-electron chi connectivity index (χ2n) is 7.84. The third kappa shape index (κ3) is 4.93. The lowest BCUT2D eigenvalue weighted by molar-refractivity contribution is -0.139. The third-order valence-corrected chi connectivity index (χ3v) is 5.21. The number of likely N-dealkylation sites (N-methyl/N-ethyl adjacent to an activating group) is 1. The van der Waals surface area contributed by atoms with Gasteiger partial charge in [-0.15, -0.1) is 0 Å². The Kier molecular flexibility index (Phi) is 7.04. The van der Waals surface area contributed by atoms with Crippen LogP contribution >= 0.6 is 0 Å². The van der Waals surface area contributed by atoms with Crippen LogP contribution in [0.25, 0.3) is 0 Å². The first-order valence-corrected chi connectivity index (χ1v) is 9.36. The molecule has 0 aromatic heterocycles. The molecule has 3 atom stereocenters. The molecule has 2 amide bonds. The minimum atomic E-state index is -0.0685. The predicted molar refractivity (Wildman–Crippen MR) is 95.7 cm³/mol. The molecule has 138 valence electrons. The van der Waals surface area contributed by atoms with Crippen LogP contribution in [0.1, 0.15) is 39.5 Å². The summed E-state index contributed by atoms with van der Waals surface area (Å²) in [5, 5.41) is 6.31. The largest absolute Gasteiger partial charge is 0.354 e. The number of nitrogens with zero attached hydrogens (tertiary/aromatic N) is 2. The molecule has 24 heavy (non-hydrogen) atoms. The number of carbonyl (C=O) groups is 2. The Morgan fingerprint density at radius 1 is 1.25 bits per heavy atom. The van der Waals surface area contributed by atoms with E-state index in [0.29, 0.717) is 18.4 Å². The van der Waals surface area contributed by atoms with Crippen LogP contribution in [0.2, 0.25) is 0 Å². The maximum absolute atomic E-state index is 12.9. The van der Waals surface area contributed by atoms with Gasteiger partial charge in [-0.2, -0.15) is 0 Å². The summed E-state index contributed by atoms with van der Waals surface area (Å²) < 4.78 is 0. The van der Waals surface area contributed by atoms with E-state index >= 15 is 0 Å². The Bertz CT molecular complexity index is 425. The highest BCUT2D eigenvalue weighted by Crippen LogP contribution is 2.20. The van der Waals surface area contributed by atoms with E-state index in [1.165, 1.54) is 0 Å². The van der Waals surface area contributed by atoms with Crippen molar-refractivity contribution >= 4 is 11.8 Å². The molecule has 2 unspecified atom stereocenters. The van der Waals surface area contributed by atoms with E-state index in [9.17, 15) is 9.59 Å². The van der Waals surface area contributed by atoms with Crippen molar-refractivity contribution < 1.29 is 9.59 Å². The lowest BCUT2D eigenvalue weighted by Gasteiger charge is -2.38. The molecule has 2 aliphatic heterocycles. The summed E-state index contributed by atoms with van der Waals surface area (Å²) in [7, 11) is 3.94. The zero-order valence-corrected chi connectivity index (χ0v) is 15.7. The molecule has 2 rings (SSSR count). The molecule has 0 radical (unpaired) electrons. The summed E-state index contributed by atoms with van der Waals surface area (Å²) in [4.78, 5) is 29.0. The zero-order valence-electron chi connectivity index (χ0n) is 15.7. The second-order valence-corrected chi connectivity index (χ2v) is 7.84. The molecule has 0 saturated carbocycles. The van der Waals surface area contributed by atoms with E-state index in [1.54, 1.807) is 0 Å².